The smallest absolute Gasteiger partial charge is 0.360 e. The number of fused-ring (bicyclic) bond motifs is 5. The van der Waals surface area contributed by atoms with E-state index in [-0.39, 0.29) is 23.9 Å². The van der Waals surface area contributed by atoms with Crippen molar-refractivity contribution in [3.63, 3.8) is 0 Å². The largest absolute Gasteiger partial charge is 0.476 e. The van der Waals surface area contributed by atoms with Crippen LogP contribution in [0.5, 0.6) is 0 Å². The molecule has 0 spiro atoms. The molecule has 8 heteroatoms. The van der Waals surface area contributed by atoms with Gasteiger partial charge in [0.05, 0.1) is 11.0 Å². The molecular weight excluding hydrogens is 480 g/mol. The van der Waals surface area contributed by atoms with Gasteiger partial charge in [0, 0.05) is 24.2 Å². The maximum absolute atomic E-state index is 14.0. The lowest BCUT2D eigenvalue weighted by Crippen LogP contribution is -2.58. The Morgan fingerprint density at radius 3 is 2.29 bits per heavy atom. The van der Waals surface area contributed by atoms with Crippen LogP contribution in [0.25, 0.3) is 11.0 Å². The van der Waals surface area contributed by atoms with Gasteiger partial charge in [0.25, 0.3) is 5.56 Å². The fourth-order valence-electron chi connectivity index (χ4n) is 8.29. The van der Waals surface area contributed by atoms with Crippen LogP contribution in [0.2, 0.25) is 0 Å². The van der Waals surface area contributed by atoms with Crippen LogP contribution in [0.1, 0.15) is 95.7 Å². The summed E-state index contributed by atoms with van der Waals surface area (Å²) in [6.45, 7) is 1.94. The van der Waals surface area contributed by atoms with E-state index in [2.05, 4.69) is 15.0 Å². The number of hydrogen-bond acceptors (Lipinski definition) is 6. The van der Waals surface area contributed by atoms with Gasteiger partial charge in [0.1, 0.15) is 6.61 Å². The van der Waals surface area contributed by atoms with Gasteiger partial charge in [-0.15, -0.1) is 0 Å². The molecule has 204 valence electrons. The van der Waals surface area contributed by atoms with Crippen LogP contribution in [0.3, 0.4) is 0 Å². The highest BCUT2D eigenvalue weighted by Crippen LogP contribution is 2.47. The average molecular weight is 521 g/mol. The van der Waals surface area contributed by atoms with Crippen molar-refractivity contribution in [1.29, 1.82) is 0 Å². The summed E-state index contributed by atoms with van der Waals surface area (Å²) in [6, 6.07) is 9.18. The quantitative estimate of drug-likeness (QED) is 0.419. The highest BCUT2D eigenvalue weighted by molar-refractivity contribution is 6.41. The second-order valence-corrected chi connectivity index (χ2v) is 12.0. The second-order valence-electron chi connectivity index (χ2n) is 12.0. The maximum atomic E-state index is 14.0. The summed E-state index contributed by atoms with van der Waals surface area (Å²) in [5, 5.41) is 13.6. The van der Waals surface area contributed by atoms with E-state index in [4.69, 9.17) is 4.84 Å². The number of oxime groups is 1. The molecular formula is C30H40N4O4. The first-order valence-electron chi connectivity index (χ1n) is 14.8. The van der Waals surface area contributed by atoms with E-state index in [1.54, 1.807) is 6.92 Å². The molecule has 2 aliphatic heterocycles. The molecule has 2 aliphatic carbocycles. The number of carboxylic acid groups (broad SMARTS) is 1. The Bertz CT molecular complexity index is 1240. The van der Waals surface area contributed by atoms with Gasteiger partial charge >= 0.3 is 5.97 Å². The number of para-hydroxylation sites is 2. The summed E-state index contributed by atoms with van der Waals surface area (Å²) in [5.74, 6) is 0.455. The Labute approximate surface area is 224 Å². The van der Waals surface area contributed by atoms with Crippen LogP contribution in [-0.4, -0.2) is 56.0 Å². The van der Waals surface area contributed by atoms with Crippen LogP contribution in [0, 0.1) is 11.8 Å². The first-order valence-corrected chi connectivity index (χ1v) is 14.8. The molecule has 4 fully saturated rings. The summed E-state index contributed by atoms with van der Waals surface area (Å²) in [4.78, 5) is 38.4. The number of aliphatic carboxylic acids is 1. The maximum Gasteiger partial charge on any atom is 0.360 e. The number of aromatic nitrogens is 2. The molecule has 2 saturated heterocycles. The average Bonchev–Trinajstić information content (AvgIpc) is 3.07. The minimum atomic E-state index is -1.31. The van der Waals surface area contributed by atoms with Crippen LogP contribution in [0.4, 0.5) is 0 Å². The molecule has 0 amide bonds. The number of benzene rings is 1. The molecule has 0 radical (unpaired) electrons. The molecule has 4 bridgehead atoms. The molecule has 2 saturated carbocycles. The molecule has 4 aliphatic rings. The molecule has 1 N–H and O–H groups in total. The van der Waals surface area contributed by atoms with Crippen LogP contribution in [-0.2, 0) is 9.63 Å². The van der Waals surface area contributed by atoms with Crippen molar-refractivity contribution in [3.05, 3.63) is 40.3 Å². The predicted molar refractivity (Wildman–Crippen MR) is 146 cm³/mol. The van der Waals surface area contributed by atoms with Crippen LogP contribution in [0.15, 0.2) is 34.2 Å². The Kier molecular flexibility index (Phi) is 7.25. The van der Waals surface area contributed by atoms with E-state index in [9.17, 15) is 14.7 Å². The lowest BCUT2D eigenvalue weighted by Gasteiger charge is -2.54. The Morgan fingerprint density at radius 2 is 1.63 bits per heavy atom. The number of piperidine rings is 2. The van der Waals surface area contributed by atoms with E-state index in [1.807, 2.05) is 28.8 Å². The van der Waals surface area contributed by atoms with Crippen molar-refractivity contribution in [2.24, 2.45) is 17.0 Å². The standard InChI is InChI=1S/C30H40N4O4/c1-2-38-32-28(30(36)37)27-29(35)34(26-13-6-5-12-25(26)31-27)24-17-21-10-7-11-22(18-24)33(21)23-15-19-8-3-4-9-20(14-19)16-23/h5-6,12-13,19-24H,2-4,7-11,14-18H2,1H3,(H,36,37)/t19-,20?,21?,22?,23?,24?/m1/s1. The van der Waals surface area contributed by atoms with Crippen LogP contribution >= 0.6 is 0 Å². The number of hydrogen-bond donors (Lipinski definition) is 1. The zero-order valence-electron chi connectivity index (χ0n) is 22.4. The summed E-state index contributed by atoms with van der Waals surface area (Å²) in [5.41, 5.74) is 0.413. The lowest BCUT2D eigenvalue weighted by atomic mass is 9.73. The first-order chi connectivity index (χ1) is 18.5. The highest BCUT2D eigenvalue weighted by atomic mass is 16.6. The van der Waals surface area contributed by atoms with E-state index in [1.165, 1.54) is 64.2 Å². The van der Waals surface area contributed by atoms with Crippen LogP contribution < -0.4 is 5.56 Å². The van der Waals surface area contributed by atoms with Gasteiger partial charge in [-0.05, 0) is 75.8 Å². The number of rotatable bonds is 6. The number of nitrogens with zero attached hydrogens (tertiary/aromatic N) is 4. The Hall–Kier alpha value is -2.74. The summed E-state index contributed by atoms with van der Waals surface area (Å²) in [7, 11) is 0. The molecule has 3 heterocycles. The zero-order chi connectivity index (χ0) is 26.2. The van der Waals surface area contributed by atoms with Crippen molar-refractivity contribution < 1.29 is 14.7 Å². The topological polar surface area (TPSA) is 97.0 Å². The zero-order valence-corrected chi connectivity index (χ0v) is 22.4. The van der Waals surface area contributed by atoms with Gasteiger partial charge in [-0.3, -0.25) is 9.69 Å². The number of carbonyl (C=O) groups is 1. The van der Waals surface area contributed by atoms with Crippen molar-refractivity contribution in [3.8, 4) is 0 Å². The lowest BCUT2D eigenvalue weighted by molar-refractivity contribution is -0.129. The fourth-order valence-corrected chi connectivity index (χ4v) is 8.29. The predicted octanol–water partition coefficient (Wildman–Crippen LogP) is 5.14. The molecule has 8 nitrogen and oxygen atoms in total. The molecule has 1 aromatic carbocycles. The minimum absolute atomic E-state index is 0.00806. The number of carboxylic acids is 1. The third-order valence-corrected chi connectivity index (χ3v) is 9.65. The van der Waals surface area contributed by atoms with E-state index < -0.39 is 11.7 Å². The third kappa shape index (κ3) is 4.76. The van der Waals surface area contributed by atoms with Gasteiger partial charge in [0.2, 0.25) is 5.71 Å². The van der Waals surface area contributed by atoms with Gasteiger partial charge in [-0.25, -0.2) is 9.78 Å². The first kappa shape index (κ1) is 25.5. The van der Waals surface area contributed by atoms with Gasteiger partial charge < -0.3 is 14.5 Å². The SMILES string of the molecule is CCON=C(C(=O)O)c1nc2ccccc2n(C2CC3CCCC(C2)N3C2CC3CCCC[C@H](C3)C2)c1=O. The molecule has 4 unspecified atom stereocenters. The molecule has 38 heavy (non-hydrogen) atoms. The Morgan fingerprint density at radius 1 is 0.947 bits per heavy atom. The monoisotopic (exact) mass is 520 g/mol. The fraction of sp³-hybridized carbons (Fsp3) is 0.667. The molecule has 2 aromatic rings. The van der Waals surface area contributed by atoms with Gasteiger partial charge in [-0.2, -0.15) is 0 Å². The molecule has 5 atom stereocenters. The minimum Gasteiger partial charge on any atom is -0.476 e. The van der Waals surface area contributed by atoms with E-state index in [0.29, 0.717) is 23.6 Å². The highest BCUT2D eigenvalue weighted by Gasteiger charge is 2.45. The molecule has 6 rings (SSSR count). The summed E-state index contributed by atoms with van der Waals surface area (Å²) >= 11 is 0. The third-order valence-electron chi connectivity index (χ3n) is 9.65. The summed E-state index contributed by atoms with van der Waals surface area (Å²) in [6.07, 6.45) is 15.1. The van der Waals surface area contributed by atoms with Gasteiger partial charge in [-0.1, -0.05) is 49.4 Å². The normalized spacial score (nSPS) is 32.1. The van der Waals surface area contributed by atoms with Crippen molar-refractivity contribution in [1.82, 2.24) is 14.5 Å². The Balaban J connectivity index is 1.36. The summed E-state index contributed by atoms with van der Waals surface area (Å²) < 4.78 is 1.84. The van der Waals surface area contributed by atoms with Crippen molar-refractivity contribution >= 4 is 22.7 Å². The van der Waals surface area contributed by atoms with Crippen molar-refractivity contribution in [2.75, 3.05) is 6.61 Å². The van der Waals surface area contributed by atoms with Crippen molar-refractivity contribution in [2.45, 2.75) is 108 Å². The second kappa shape index (κ2) is 10.8. The van der Waals surface area contributed by atoms with E-state index in [0.717, 1.165) is 30.2 Å². The molecule has 1 aromatic heterocycles. The van der Waals surface area contributed by atoms with Gasteiger partial charge in [0.15, 0.2) is 5.69 Å². The van der Waals surface area contributed by atoms with E-state index >= 15 is 0 Å².